The lowest BCUT2D eigenvalue weighted by molar-refractivity contribution is 0.0657. The molecule has 39 heavy (non-hydrogen) atoms. The SMILES string of the molecule is CCCCOc1ccc(C(=O)N(CCCOC)C(C)c2nc3ccccc3c(=O)n2-c2ccc(C)cc2)cc1. The Labute approximate surface area is 230 Å². The van der Waals surface area contributed by atoms with Gasteiger partial charge in [0.1, 0.15) is 11.6 Å². The molecule has 0 aliphatic carbocycles. The van der Waals surface area contributed by atoms with Crippen LogP contribution in [0.15, 0.2) is 77.6 Å². The zero-order valence-electron chi connectivity index (χ0n) is 23.2. The number of unbranched alkanes of at least 4 members (excludes halogenated alkanes) is 1. The van der Waals surface area contributed by atoms with Crippen LogP contribution in [0, 0.1) is 6.92 Å². The normalized spacial score (nSPS) is 11.9. The fraction of sp³-hybridized carbons (Fsp3) is 0.344. The minimum atomic E-state index is -0.492. The Balaban J connectivity index is 1.76. The zero-order chi connectivity index (χ0) is 27.8. The van der Waals surface area contributed by atoms with Crippen LogP contribution in [0.1, 0.15) is 60.9 Å². The number of fused-ring (bicyclic) bond motifs is 1. The number of para-hydroxylation sites is 1. The summed E-state index contributed by atoms with van der Waals surface area (Å²) in [6, 6.07) is 21.8. The van der Waals surface area contributed by atoms with Crippen LogP contribution < -0.4 is 10.3 Å². The summed E-state index contributed by atoms with van der Waals surface area (Å²) in [7, 11) is 1.65. The lowest BCUT2D eigenvalue weighted by Crippen LogP contribution is -2.38. The van der Waals surface area contributed by atoms with E-state index >= 15 is 0 Å². The Hall–Kier alpha value is -3.97. The van der Waals surface area contributed by atoms with Crippen LogP contribution >= 0.6 is 0 Å². The van der Waals surface area contributed by atoms with Gasteiger partial charge in [-0.1, -0.05) is 43.2 Å². The molecule has 0 aliphatic rings. The molecule has 3 aromatic carbocycles. The molecule has 0 bridgehead atoms. The van der Waals surface area contributed by atoms with Crippen LogP contribution in [-0.4, -0.2) is 47.2 Å². The van der Waals surface area contributed by atoms with Gasteiger partial charge in [0.2, 0.25) is 0 Å². The number of amides is 1. The highest BCUT2D eigenvalue weighted by Gasteiger charge is 2.27. The molecule has 0 saturated heterocycles. The molecule has 7 heteroatoms. The van der Waals surface area contributed by atoms with Gasteiger partial charge < -0.3 is 14.4 Å². The lowest BCUT2D eigenvalue weighted by Gasteiger charge is -2.31. The summed E-state index contributed by atoms with van der Waals surface area (Å²) in [5, 5.41) is 0.532. The number of carbonyl (C=O) groups is 1. The van der Waals surface area contributed by atoms with E-state index in [1.165, 1.54) is 0 Å². The highest BCUT2D eigenvalue weighted by Crippen LogP contribution is 2.26. The smallest absolute Gasteiger partial charge is 0.266 e. The number of hydrogen-bond donors (Lipinski definition) is 0. The zero-order valence-corrected chi connectivity index (χ0v) is 23.2. The monoisotopic (exact) mass is 527 g/mol. The Bertz CT molecular complexity index is 1450. The third kappa shape index (κ3) is 6.55. The van der Waals surface area contributed by atoms with E-state index in [4.69, 9.17) is 14.5 Å². The van der Waals surface area contributed by atoms with E-state index in [1.54, 1.807) is 34.8 Å². The van der Waals surface area contributed by atoms with Crippen LogP contribution in [0.5, 0.6) is 5.75 Å². The second kappa shape index (κ2) is 13.2. The molecule has 0 fully saturated rings. The second-order valence-corrected chi connectivity index (χ2v) is 9.71. The number of hydrogen-bond acceptors (Lipinski definition) is 5. The van der Waals surface area contributed by atoms with Crippen molar-refractivity contribution in [3.05, 3.63) is 100 Å². The van der Waals surface area contributed by atoms with Crippen LogP contribution in [0.3, 0.4) is 0 Å². The largest absolute Gasteiger partial charge is 0.494 e. The van der Waals surface area contributed by atoms with Gasteiger partial charge in [0.25, 0.3) is 11.5 Å². The van der Waals surface area contributed by atoms with Crippen LogP contribution in [0.4, 0.5) is 0 Å². The van der Waals surface area contributed by atoms with Crippen molar-refractivity contribution in [2.75, 3.05) is 26.9 Å². The maximum Gasteiger partial charge on any atom is 0.266 e. The quantitative estimate of drug-likeness (QED) is 0.208. The predicted molar refractivity (Wildman–Crippen MR) is 155 cm³/mol. The van der Waals surface area contributed by atoms with Gasteiger partial charge in [-0.2, -0.15) is 0 Å². The van der Waals surface area contributed by atoms with Gasteiger partial charge in [0.15, 0.2) is 0 Å². The van der Waals surface area contributed by atoms with Crippen molar-refractivity contribution < 1.29 is 14.3 Å². The van der Waals surface area contributed by atoms with Crippen molar-refractivity contribution in [3.63, 3.8) is 0 Å². The molecule has 1 heterocycles. The summed E-state index contributed by atoms with van der Waals surface area (Å²) >= 11 is 0. The molecule has 4 rings (SSSR count). The Morgan fingerprint density at radius 3 is 2.38 bits per heavy atom. The molecule has 1 aromatic heterocycles. The third-order valence-corrected chi connectivity index (χ3v) is 6.81. The number of nitrogens with zero attached hydrogens (tertiary/aromatic N) is 3. The van der Waals surface area contributed by atoms with E-state index in [9.17, 15) is 9.59 Å². The van der Waals surface area contributed by atoms with Crippen LogP contribution in [0.2, 0.25) is 0 Å². The van der Waals surface area contributed by atoms with Crippen LogP contribution in [-0.2, 0) is 4.74 Å². The summed E-state index contributed by atoms with van der Waals surface area (Å²) in [4.78, 5) is 34.4. The summed E-state index contributed by atoms with van der Waals surface area (Å²) in [6.45, 7) is 7.65. The molecule has 1 amide bonds. The molecule has 0 N–H and O–H groups in total. The van der Waals surface area contributed by atoms with Gasteiger partial charge >= 0.3 is 0 Å². The predicted octanol–water partition coefficient (Wildman–Crippen LogP) is 6.11. The van der Waals surface area contributed by atoms with Crippen LogP contribution in [0.25, 0.3) is 16.6 Å². The first-order valence-electron chi connectivity index (χ1n) is 13.6. The molecular weight excluding hydrogens is 490 g/mol. The van der Waals surface area contributed by atoms with Gasteiger partial charge in [-0.15, -0.1) is 0 Å². The molecule has 7 nitrogen and oxygen atoms in total. The number of ether oxygens (including phenoxy) is 2. The number of methoxy groups -OCH3 is 1. The Morgan fingerprint density at radius 1 is 0.974 bits per heavy atom. The molecular formula is C32H37N3O4. The van der Waals surface area contributed by atoms with Gasteiger partial charge in [-0.25, -0.2) is 4.98 Å². The van der Waals surface area contributed by atoms with E-state index in [-0.39, 0.29) is 11.5 Å². The van der Waals surface area contributed by atoms with Crippen molar-refractivity contribution in [2.24, 2.45) is 0 Å². The molecule has 204 valence electrons. The Kier molecular flexibility index (Phi) is 9.49. The maximum atomic E-state index is 13.9. The highest BCUT2D eigenvalue weighted by atomic mass is 16.5. The van der Waals surface area contributed by atoms with Gasteiger partial charge in [-0.05, 0) is 75.2 Å². The average molecular weight is 528 g/mol. The van der Waals surface area contributed by atoms with E-state index in [0.29, 0.717) is 54.2 Å². The molecule has 4 aromatic rings. The van der Waals surface area contributed by atoms with Crippen molar-refractivity contribution in [1.82, 2.24) is 14.5 Å². The van der Waals surface area contributed by atoms with Gasteiger partial charge in [0.05, 0.1) is 29.2 Å². The van der Waals surface area contributed by atoms with E-state index in [2.05, 4.69) is 6.92 Å². The fourth-order valence-corrected chi connectivity index (χ4v) is 4.56. The summed E-state index contributed by atoms with van der Waals surface area (Å²) in [5.74, 6) is 1.10. The molecule has 0 saturated carbocycles. The van der Waals surface area contributed by atoms with Crippen molar-refractivity contribution in [3.8, 4) is 11.4 Å². The van der Waals surface area contributed by atoms with E-state index < -0.39 is 6.04 Å². The van der Waals surface area contributed by atoms with E-state index in [0.717, 1.165) is 24.2 Å². The van der Waals surface area contributed by atoms with Crippen molar-refractivity contribution >= 4 is 16.8 Å². The first kappa shape index (κ1) is 28.0. The number of aryl methyl sites for hydroxylation is 1. The van der Waals surface area contributed by atoms with E-state index in [1.807, 2.05) is 68.4 Å². The lowest BCUT2D eigenvalue weighted by atomic mass is 10.1. The first-order valence-corrected chi connectivity index (χ1v) is 13.6. The molecule has 0 spiro atoms. The maximum absolute atomic E-state index is 13.9. The molecule has 0 radical (unpaired) electrons. The molecule has 1 unspecified atom stereocenters. The average Bonchev–Trinajstić information content (AvgIpc) is 2.96. The molecule has 0 aliphatic heterocycles. The number of benzene rings is 3. The minimum Gasteiger partial charge on any atom is -0.494 e. The minimum absolute atomic E-state index is 0.142. The first-order chi connectivity index (χ1) is 18.9. The number of aromatic nitrogens is 2. The summed E-state index contributed by atoms with van der Waals surface area (Å²) in [6.07, 6.45) is 2.68. The fourth-order valence-electron chi connectivity index (χ4n) is 4.56. The second-order valence-electron chi connectivity index (χ2n) is 9.71. The standard InChI is InChI=1S/C32H37N3O4/c1-5-6-22-39-27-18-14-25(15-19-27)31(36)34(20-9-21-38-4)24(3)30-33-29-11-8-7-10-28(29)32(37)35(30)26-16-12-23(2)13-17-26/h7-8,10-19,24H,5-6,9,20-22H2,1-4H3. The number of carbonyl (C=O) groups excluding carboxylic acids is 1. The highest BCUT2D eigenvalue weighted by molar-refractivity contribution is 5.94. The summed E-state index contributed by atoms with van der Waals surface area (Å²) in [5.41, 5.74) is 2.79. The Morgan fingerprint density at radius 2 is 1.69 bits per heavy atom. The topological polar surface area (TPSA) is 73.7 Å². The van der Waals surface area contributed by atoms with Gasteiger partial charge in [0, 0.05) is 25.8 Å². The van der Waals surface area contributed by atoms with Gasteiger partial charge in [-0.3, -0.25) is 14.2 Å². The molecule has 1 atom stereocenters. The number of rotatable bonds is 12. The summed E-state index contributed by atoms with van der Waals surface area (Å²) < 4.78 is 12.7. The van der Waals surface area contributed by atoms with Crippen molar-refractivity contribution in [2.45, 2.75) is 46.1 Å². The van der Waals surface area contributed by atoms with Crippen molar-refractivity contribution in [1.29, 1.82) is 0 Å². The third-order valence-electron chi connectivity index (χ3n) is 6.81.